The van der Waals surface area contributed by atoms with Gasteiger partial charge >= 0.3 is 0 Å². The fourth-order valence-corrected chi connectivity index (χ4v) is 2.10. The van der Waals surface area contributed by atoms with Gasteiger partial charge in [0.25, 0.3) is 0 Å². The molecule has 0 aliphatic heterocycles. The lowest BCUT2D eigenvalue weighted by molar-refractivity contribution is 0.335. The third-order valence-corrected chi connectivity index (χ3v) is 3.45. The molecule has 108 valence electrons. The van der Waals surface area contributed by atoms with Crippen LogP contribution in [0, 0.1) is 18.7 Å². The second kappa shape index (κ2) is 6.13. The molecule has 0 aliphatic rings. The fourth-order valence-electron chi connectivity index (χ4n) is 2.10. The predicted octanol–water partition coefficient (Wildman–Crippen LogP) is 2.97. The Labute approximate surface area is 118 Å². The highest BCUT2D eigenvalue weighted by Crippen LogP contribution is 2.20. The quantitative estimate of drug-likeness (QED) is 0.913. The molecule has 0 saturated carbocycles. The van der Waals surface area contributed by atoms with Crippen LogP contribution >= 0.6 is 0 Å². The van der Waals surface area contributed by atoms with Crippen molar-refractivity contribution in [3.8, 4) is 11.4 Å². The summed E-state index contributed by atoms with van der Waals surface area (Å²) in [6, 6.07) is 5.10. The Bertz CT molecular complexity index is 580. The summed E-state index contributed by atoms with van der Waals surface area (Å²) >= 11 is 0. The van der Waals surface area contributed by atoms with E-state index in [-0.39, 0.29) is 5.82 Å². The van der Waals surface area contributed by atoms with Crippen molar-refractivity contribution >= 4 is 0 Å². The number of halogens is 1. The summed E-state index contributed by atoms with van der Waals surface area (Å²) in [7, 11) is 1.92. The molecule has 0 radical (unpaired) electrons. The number of hydrogen-bond donors (Lipinski definition) is 1. The zero-order valence-corrected chi connectivity index (χ0v) is 12.3. The largest absolute Gasteiger partial charge is 0.339 e. The normalized spacial score (nSPS) is 12.9. The maximum atomic E-state index is 13.3. The SMILES string of the molecule is CNC(Cc1nc(-c2ccc(F)c(C)c2)no1)C(C)C. The van der Waals surface area contributed by atoms with E-state index in [9.17, 15) is 4.39 Å². The molecular weight excluding hydrogens is 257 g/mol. The third kappa shape index (κ3) is 3.22. The van der Waals surface area contributed by atoms with Gasteiger partial charge in [-0.2, -0.15) is 4.98 Å². The van der Waals surface area contributed by atoms with Crippen LogP contribution in [-0.4, -0.2) is 23.2 Å². The van der Waals surface area contributed by atoms with Gasteiger partial charge in [-0.25, -0.2) is 4.39 Å². The van der Waals surface area contributed by atoms with Crippen molar-refractivity contribution in [2.45, 2.75) is 33.2 Å². The first-order valence-electron chi connectivity index (χ1n) is 6.77. The topological polar surface area (TPSA) is 51.0 Å². The first-order valence-corrected chi connectivity index (χ1v) is 6.77. The first kappa shape index (κ1) is 14.7. The van der Waals surface area contributed by atoms with Crippen LogP contribution in [-0.2, 0) is 6.42 Å². The van der Waals surface area contributed by atoms with Gasteiger partial charge in [-0.3, -0.25) is 0 Å². The van der Waals surface area contributed by atoms with Crippen molar-refractivity contribution < 1.29 is 8.91 Å². The Hall–Kier alpha value is -1.75. The zero-order chi connectivity index (χ0) is 14.7. The fraction of sp³-hybridized carbons (Fsp3) is 0.467. The molecule has 2 rings (SSSR count). The van der Waals surface area contributed by atoms with E-state index >= 15 is 0 Å². The molecule has 0 spiro atoms. The van der Waals surface area contributed by atoms with Gasteiger partial charge in [0.05, 0.1) is 0 Å². The van der Waals surface area contributed by atoms with E-state index in [1.165, 1.54) is 6.07 Å². The number of likely N-dealkylation sites (N-methyl/N-ethyl adjacent to an activating group) is 1. The summed E-state index contributed by atoms with van der Waals surface area (Å²) in [5.74, 6) is 1.34. The summed E-state index contributed by atoms with van der Waals surface area (Å²) in [6.07, 6.45) is 0.682. The minimum Gasteiger partial charge on any atom is -0.339 e. The Morgan fingerprint density at radius 2 is 2.10 bits per heavy atom. The molecule has 5 heteroatoms. The lowest BCUT2D eigenvalue weighted by Crippen LogP contribution is -2.32. The maximum Gasteiger partial charge on any atom is 0.228 e. The third-order valence-electron chi connectivity index (χ3n) is 3.45. The van der Waals surface area contributed by atoms with Gasteiger partial charge in [0.15, 0.2) is 0 Å². The molecule has 1 unspecified atom stereocenters. The summed E-state index contributed by atoms with van der Waals surface area (Å²) in [4.78, 5) is 4.38. The van der Waals surface area contributed by atoms with Crippen LogP contribution in [0.1, 0.15) is 25.3 Å². The van der Waals surface area contributed by atoms with Crippen LogP contribution in [0.3, 0.4) is 0 Å². The van der Waals surface area contributed by atoms with Crippen molar-refractivity contribution in [3.05, 3.63) is 35.5 Å². The number of benzene rings is 1. The van der Waals surface area contributed by atoms with Crippen LogP contribution < -0.4 is 5.32 Å². The highest BCUT2D eigenvalue weighted by atomic mass is 19.1. The van der Waals surface area contributed by atoms with Crippen LogP contribution in [0.25, 0.3) is 11.4 Å². The van der Waals surface area contributed by atoms with Gasteiger partial charge < -0.3 is 9.84 Å². The van der Waals surface area contributed by atoms with Gasteiger partial charge in [-0.1, -0.05) is 19.0 Å². The summed E-state index contributed by atoms with van der Waals surface area (Å²) in [5, 5.41) is 7.21. The molecule has 1 aromatic heterocycles. The molecule has 4 nitrogen and oxygen atoms in total. The lowest BCUT2D eigenvalue weighted by Gasteiger charge is -2.17. The molecule has 1 atom stereocenters. The van der Waals surface area contributed by atoms with Crippen LogP contribution in [0.2, 0.25) is 0 Å². The second-order valence-electron chi connectivity index (χ2n) is 5.32. The summed E-state index contributed by atoms with van der Waals surface area (Å²) in [5.41, 5.74) is 1.34. The monoisotopic (exact) mass is 277 g/mol. The molecule has 2 aromatic rings. The second-order valence-corrected chi connectivity index (χ2v) is 5.32. The molecule has 20 heavy (non-hydrogen) atoms. The molecule has 1 aromatic carbocycles. The van der Waals surface area contributed by atoms with Crippen molar-refractivity contribution in [3.63, 3.8) is 0 Å². The molecule has 0 amide bonds. The van der Waals surface area contributed by atoms with Crippen LogP contribution in [0.5, 0.6) is 0 Å². The van der Waals surface area contributed by atoms with E-state index in [2.05, 4.69) is 29.3 Å². The van der Waals surface area contributed by atoms with E-state index in [1.54, 1.807) is 19.1 Å². The van der Waals surface area contributed by atoms with E-state index in [0.717, 1.165) is 5.56 Å². The van der Waals surface area contributed by atoms with Crippen LogP contribution in [0.4, 0.5) is 4.39 Å². The summed E-state index contributed by atoms with van der Waals surface area (Å²) in [6.45, 7) is 6.00. The molecule has 0 bridgehead atoms. The van der Waals surface area contributed by atoms with Gasteiger partial charge in [-0.05, 0) is 43.7 Å². The number of nitrogens with zero attached hydrogens (tertiary/aromatic N) is 2. The van der Waals surface area contributed by atoms with E-state index in [0.29, 0.717) is 35.7 Å². The molecule has 0 aliphatic carbocycles. The predicted molar refractivity (Wildman–Crippen MR) is 75.8 cm³/mol. The number of nitrogens with one attached hydrogen (secondary N) is 1. The Kier molecular flexibility index (Phi) is 4.49. The van der Waals surface area contributed by atoms with E-state index < -0.39 is 0 Å². The molecule has 1 heterocycles. The minimum atomic E-state index is -0.229. The number of hydrogen-bond acceptors (Lipinski definition) is 4. The van der Waals surface area contributed by atoms with Crippen molar-refractivity contribution in [1.82, 2.24) is 15.5 Å². The van der Waals surface area contributed by atoms with Crippen molar-refractivity contribution in [2.24, 2.45) is 5.92 Å². The van der Waals surface area contributed by atoms with Crippen molar-refractivity contribution in [2.75, 3.05) is 7.05 Å². The number of aromatic nitrogens is 2. The van der Waals surface area contributed by atoms with Gasteiger partial charge in [0.1, 0.15) is 5.82 Å². The average molecular weight is 277 g/mol. The minimum absolute atomic E-state index is 0.229. The first-order chi connectivity index (χ1) is 9.51. The van der Waals surface area contributed by atoms with E-state index in [4.69, 9.17) is 4.52 Å². The number of aryl methyl sites for hydroxylation is 1. The lowest BCUT2D eigenvalue weighted by atomic mass is 10.0. The zero-order valence-electron chi connectivity index (χ0n) is 12.3. The van der Waals surface area contributed by atoms with Crippen molar-refractivity contribution in [1.29, 1.82) is 0 Å². The van der Waals surface area contributed by atoms with Gasteiger partial charge in [0, 0.05) is 18.0 Å². The Morgan fingerprint density at radius 3 is 2.70 bits per heavy atom. The van der Waals surface area contributed by atoms with Crippen LogP contribution in [0.15, 0.2) is 22.7 Å². The van der Waals surface area contributed by atoms with Gasteiger partial charge in [0.2, 0.25) is 11.7 Å². The molecule has 0 fully saturated rings. The summed E-state index contributed by atoms with van der Waals surface area (Å²) < 4.78 is 18.5. The average Bonchev–Trinajstić information content (AvgIpc) is 2.87. The Morgan fingerprint density at radius 1 is 1.35 bits per heavy atom. The highest BCUT2D eigenvalue weighted by Gasteiger charge is 2.17. The standard InChI is InChI=1S/C15H20FN3O/c1-9(2)13(17-4)8-14-18-15(19-20-14)11-5-6-12(16)10(3)7-11/h5-7,9,13,17H,8H2,1-4H3. The Balaban J connectivity index is 2.18. The molecular formula is C15H20FN3O. The van der Waals surface area contributed by atoms with Gasteiger partial charge in [-0.15, -0.1) is 0 Å². The highest BCUT2D eigenvalue weighted by molar-refractivity contribution is 5.55. The smallest absolute Gasteiger partial charge is 0.228 e. The molecule has 0 saturated heterocycles. The number of rotatable bonds is 5. The maximum absolute atomic E-state index is 13.3. The molecule has 1 N–H and O–H groups in total. The van der Waals surface area contributed by atoms with E-state index in [1.807, 2.05) is 7.05 Å².